The average molecular weight is 295 g/mol. The predicted octanol–water partition coefficient (Wildman–Crippen LogP) is 4.16. The summed E-state index contributed by atoms with van der Waals surface area (Å²) in [7, 11) is 0. The van der Waals surface area contributed by atoms with Crippen LogP contribution in [0.1, 0.15) is 37.1 Å². The van der Waals surface area contributed by atoms with E-state index in [4.69, 9.17) is 9.78 Å². The molecule has 0 bridgehead atoms. The van der Waals surface area contributed by atoms with Gasteiger partial charge in [0.15, 0.2) is 0 Å². The van der Waals surface area contributed by atoms with E-state index in [2.05, 4.69) is 10.1 Å². The molecule has 0 aliphatic carbocycles. The first-order valence-corrected chi connectivity index (χ1v) is 6.30. The van der Waals surface area contributed by atoms with E-state index in [-0.39, 0.29) is 17.3 Å². The van der Waals surface area contributed by atoms with E-state index in [0.29, 0.717) is 18.7 Å². The van der Waals surface area contributed by atoms with Crippen molar-refractivity contribution in [1.29, 1.82) is 5.26 Å². The summed E-state index contributed by atoms with van der Waals surface area (Å²) in [6, 6.07) is 6.77. The molecule has 0 N–H and O–H groups in total. The van der Waals surface area contributed by atoms with Crippen molar-refractivity contribution in [3.63, 3.8) is 0 Å². The highest BCUT2D eigenvalue weighted by Gasteiger charge is 2.30. The third kappa shape index (κ3) is 3.60. The van der Waals surface area contributed by atoms with Gasteiger partial charge in [-0.3, -0.25) is 0 Å². The smallest absolute Gasteiger partial charge is 0.339 e. The van der Waals surface area contributed by atoms with Crippen LogP contribution < -0.4 is 0 Å². The molecule has 1 aromatic carbocycles. The minimum Gasteiger partial charge on any atom is -0.339 e. The zero-order chi connectivity index (χ0) is 15.5. The van der Waals surface area contributed by atoms with Gasteiger partial charge in [-0.25, -0.2) is 0 Å². The molecule has 0 saturated heterocycles. The summed E-state index contributed by atoms with van der Waals surface area (Å²) >= 11 is 0. The highest BCUT2D eigenvalue weighted by molar-refractivity contribution is 5.55. The van der Waals surface area contributed by atoms with Gasteiger partial charge in [0, 0.05) is 17.9 Å². The van der Waals surface area contributed by atoms with E-state index in [0.717, 1.165) is 12.1 Å². The maximum Gasteiger partial charge on any atom is 0.416 e. The summed E-state index contributed by atoms with van der Waals surface area (Å²) < 4.78 is 43.0. The van der Waals surface area contributed by atoms with Crippen LogP contribution in [0.15, 0.2) is 28.8 Å². The van der Waals surface area contributed by atoms with Gasteiger partial charge < -0.3 is 4.52 Å². The normalized spacial score (nSPS) is 12.9. The lowest BCUT2D eigenvalue weighted by Gasteiger charge is -2.06. The molecule has 1 unspecified atom stereocenters. The molecular formula is C14H12F3N3O. The van der Waals surface area contributed by atoms with E-state index in [1.807, 2.05) is 13.0 Å². The zero-order valence-corrected chi connectivity index (χ0v) is 11.2. The van der Waals surface area contributed by atoms with Crippen LogP contribution in [-0.2, 0) is 6.18 Å². The summed E-state index contributed by atoms with van der Waals surface area (Å²) in [5.74, 6) is 0.314. The Morgan fingerprint density at radius 3 is 2.81 bits per heavy atom. The van der Waals surface area contributed by atoms with E-state index < -0.39 is 11.7 Å². The Morgan fingerprint density at radius 2 is 2.14 bits per heavy atom. The fourth-order valence-corrected chi connectivity index (χ4v) is 1.79. The van der Waals surface area contributed by atoms with Crippen LogP contribution in [0.3, 0.4) is 0 Å². The first kappa shape index (κ1) is 15.0. The molecule has 0 amide bonds. The number of hydrogen-bond donors (Lipinski definition) is 0. The molecule has 0 aliphatic rings. The molecule has 0 radical (unpaired) electrons. The molecule has 1 aromatic heterocycles. The van der Waals surface area contributed by atoms with Gasteiger partial charge in [0.1, 0.15) is 0 Å². The predicted molar refractivity (Wildman–Crippen MR) is 68.0 cm³/mol. The second-order valence-electron chi connectivity index (χ2n) is 4.63. The quantitative estimate of drug-likeness (QED) is 0.849. The van der Waals surface area contributed by atoms with Gasteiger partial charge in [0.2, 0.25) is 11.7 Å². The van der Waals surface area contributed by atoms with Gasteiger partial charge in [-0.2, -0.15) is 23.4 Å². The summed E-state index contributed by atoms with van der Waals surface area (Å²) in [6.45, 7) is 1.82. The number of alkyl halides is 3. The highest BCUT2D eigenvalue weighted by Crippen LogP contribution is 2.31. The van der Waals surface area contributed by atoms with E-state index in [9.17, 15) is 13.2 Å². The fourth-order valence-electron chi connectivity index (χ4n) is 1.79. The molecule has 1 atom stereocenters. The average Bonchev–Trinajstić information content (AvgIpc) is 2.94. The van der Waals surface area contributed by atoms with Crippen LogP contribution in [-0.4, -0.2) is 10.1 Å². The Morgan fingerprint density at radius 1 is 1.38 bits per heavy atom. The molecule has 0 fully saturated rings. The van der Waals surface area contributed by atoms with Gasteiger partial charge in [-0.15, -0.1) is 0 Å². The zero-order valence-electron chi connectivity index (χ0n) is 11.2. The van der Waals surface area contributed by atoms with Crippen molar-refractivity contribution in [3.05, 3.63) is 35.7 Å². The van der Waals surface area contributed by atoms with Gasteiger partial charge in [-0.1, -0.05) is 24.2 Å². The molecule has 0 saturated carbocycles. The summed E-state index contributed by atoms with van der Waals surface area (Å²) in [5, 5.41) is 12.2. The minimum atomic E-state index is -4.41. The molecule has 0 aliphatic heterocycles. The molecule has 0 spiro atoms. The molecule has 7 heteroatoms. The second-order valence-corrected chi connectivity index (χ2v) is 4.63. The van der Waals surface area contributed by atoms with E-state index in [1.165, 1.54) is 12.1 Å². The number of benzene rings is 1. The summed E-state index contributed by atoms with van der Waals surface area (Å²) in [6.07, 6.45) is -3.51. The maximum atomic E-state index is 12.7. The summed E-state index contributed by atoms with van der Waals surface area (Å²) in [5.41, 5.74) is -0.517. The SMILES string of the molecule is CC(CCC#N)c1nc(-c2cccc(C(F)(F)F)c2)no1. The lowest BCUT2D eigenvalue weighted by atomic mass is 10.1. The molecule has 110 valence electrons. The van der Waals surface area contributed by atoms with Crippen molar-refractivity contribution in [2.45, 2.75) is 31.9 Å². The number of nitriles is 1. The van der Waals surface area contributed by atoms with Crippen molar-refractivity contribution in [2.24, 2.45) is 0 Å². The standard InChI is InChI=1S/C14H12F3N3O/c1-9(4-3-7-18)13-19-12(20-21-13)10-5-2-6-11(8-10)14(15,16)17/h2,5-6,8-9H,3-4H2,1H3. The lowest BCUT2D eigenvalue weighted by Crippen LogP contribution is -2.04. The van der Waals surface area contributed by atoms with E-state index in [1.54, 1.807) is 0 Å². The molecule has 2 aromatic rings. The molecule has 21 heavy (non-hydrogen) atoms. The van der Waals surface area contributed by atoms with Crippen LogP contribution in [0.4, 0.5) is 13.2 Å². The van der Waals surface area contributed by atoms with Gasteiger partial charge in [0.25, 0.3) is 0 Å². The third-order valence-corrected chi connectivity index (χ3v) is 3.00. The first-order valence-electron chi connectivity index (χ1n) is 6.30. The van der Waals surface area contributed by atoms with Gasteiger partial charge in [-0.05, 0) is 18.6 Å². The Labute approximate surface area is 119 Å². The Hall–Kier alpha value is -2.36. The Balaban J connectivity index is 2.24. The van der Waals surface area contributed by atoms with Crippen molar-refractivity contribution < 1.29 is 17.7 Å². The molecular weight excluding hydrogens is 283 g/mol. The topological polar surface area (TPSA) is 62.7 Å². The number of aromatic nitrogens is 2. The van der Waals surface area contributed by atoms with Gasteiger partial charge in [0.05, 0.1) is 11.6 Å². The number of hydrogen-bond acceptors (Lipinski definition) is 4. The second kappa shape index (κ2) is 5.95. The molecule has 2 rings (SSSR count). The van der Waals surface area contributed by atoms with Crippen molar-refractivity contribution >= 4 is 0 Å². The Bertz CT molecular complexity index is 658. The lowest BCUT2D eigenvalue weighted by molar-refractivity contribution is -0.137. The summed E-state index contributed by atoms with van der Waals surface area (Å²) in [4.78, 5) is 4.10. The number of rotatable bonds is 4. The van der Waals surface area contributed by atoms with Crippen LogP contribution in [0, 0.1) is 11.3 Å². The van der Waals surface area contributed by atoms with E-state index >= 15 is 0 Å². The van der Waals surface area contributed by atoms with Crippen LogP contribution in [0.5, 0.6) is 0 Å². The van der Waals surface area contributed by atoms with Crippen LogP contribution in [0.25, 0.3) is 11.4 Å². The number of halogens is 3. The number of nitrogens with zero attached hydrogens (tertiary/aromatic N) is 3. The van der Waals surface area contributed by atoms with Gasteiger partial charge >= 0.3 is 6.18 Å². The van der Waals surface area contributed by atoms with Crippen molar-refractivity contribution in [1.82, 2.24) is 10.1 Å². The monoisotopic (exact) mass is 295 g/mol. The first-order chi connectivity index (χ1) is 9.91. The van der Waals surface area contributed by atoms with Crippen molar-refractivity contribution in [2.75, 3.05) is 0 Å². The van der Waals surface area contributed by atoms with Crippen LogP contribution >= 0.6 is 0 Å². The highest BCUT2D eigenvalue weighted by atomic mass is 19.4. The fraction of sp³-hybridized carbons (Fsp3) is 0.357. The van der Waals surface area contributed by atoms with Crippen molar-refractivity contribution in [3.8, 4) is 17.5 Å². The maximum absolute atomic E-state index is 12.7. The third-order valence-electron chi connectivity index (χ3n) is 3.00. The molecule has 4 nitrogen and oxygen atoms in total. The van der Waals surface area contributed by atoms with Crippen LogP contribution in [0.2, 0.25) is 0 Å². The largest absolute Gasteiger partial charge is 0.416 e. The molecule has 1 heterocycles. The minimum absolute atomic E-state index is 0.111. The Kier molecular flexibility index (Phi) is 4.26.